The Balaban J connectivity index is 3.02. The van der Waals surface area contributed by atoms with Gasteiger partial charge >= 0.3 is 0 Å². The number of benzene rings is 1. The van der Waals surface area contributed by atoms with E-state index in [2.05, 4.69) is 6.07 Å². The number of aliphatic hydroxyl groups excluding tert-OH is 1. The fraction of sp³-hybridized carbons (Fsp3) is 0.417. The van der Waals surface area contributed by atoms with Crippen molar-refractivity contribution in [2.75, 3.05) is 7.11 Å². The maximum atomic E-state index is 9.99. The zero-order valence-electron chi connectivity index (χ0n) is 9.19. The van der Waals surface area contributed by atoms with Gasteiger partial charge in [-0.15, -0.1) is 0 Å². The first kappa shape index (κ1) is 11.5. The van der Waals surface area contributed by atoms with E-state index in [0.29, 0.717) is 11.3 Å². The van der Waals surface area contributed by atoms with Crippen molar-refractivity contribution in [2.24, 2.45) is 5.41 Å². The Kier molecular flexibility index (Phi) is 3.33. The predicted octanol–water partition coefficient (Wildman–Crippen LogP) is 2.28. The average Bonchev–Trinajstić information content (AvgIpc) is 2.28. The van der Waals surface area contributed by atoms with Gasteiger partial charge in [-0.25, -0.2) is 0 Å². The van der Waals surface area contributed by atoms with Crippen LogP contribution in [0.5, 0.6) is 5.75 Å². The molecule has 0 aromatic heterocycles. The molecule has 15 heavy (non-hydrogen) atoms. The lowest BCUT2D eigenvalue weighted by atomic mass is 9.84. The molecule has 0 saturated heterocycles. The molecule has 1 N–H and O–H groups in total. The normalized spacial score (nSPS) is 13.0. The van der Waals surface area contributed by atoms with Crippen LogP contribution in [0.1, 0.15) is 25.5 Å². The molecular formula is C12H15NO2. The Labute approximate surface area is 89.9 Å². The Morgan fingerprint density at radius 2 is 2.13 bits per heavy atom. The number of methoxy groups -OCH3 is 1. The molecule has 0 bridgehead atoms. The largest absolute Gasteiger partial charge is 0.497 e. The van der Waals surface area contributed by atoms with Crippen LogP contribution in [0.2, 0.25) is 0 Å². The molecule has 0 spiro atoms. The van der Waals surface area contributed by atoms with Crippen LogP contribution in [0.4, 0.5) is 0 Å². The van der Waals surface area contributed by atoms with Gasteiger partial charge in [-0.2, -0.15) is 5.26 Å². The molecule has 0 aliphatic carbocycles. The van der Waals surface area contributed by atoms with Crippen LogP contribution < -0.4 is 4.74 Å². The zero-order chi connectivity index (χ0) is 11.5. The fourth-order valence-corrected chi connectivity index (χ4v) is 1.29. The number of ether oxygens (including phenoxy) is 1. The molecular weight excluding hydrogens is 190 g/mol. The molecule has 0 aliphatic rings. The van der Waals surface area contributed by atoms with Crippen molar-refractivity contribution in [1.29, 1.82) is 5.26 Å². The molecule has 0 amide bonds. The van der Waals surface area contributed by atoms with E-state index in [4.69, 9.17) is 10.00 Å². The van der Waals surface area contributed by atoms with E-state index in [1.54, 1.807) is 45.2 Å². The highest BCUT2D eigenvalue weighted by molar-refractivity contribution is 5.31. The van der Waals surface area contributed by atoms with Crippen LogP contribution in [-0.2, 0) is 0 Å². The van der Waals surface area contributed by atoms with Crippen LogP contribution in [0.25, 0.3) is 0 Å². The summed E-state index contributed by atoms with van der Waals surface area (Å²) in [4.78, 5) is 0. The second-order valence-electron chi connectivity index (χ2n) is 4.01. The molecule has 0 saturated carbocycles. The van der Waals surface area contributed by atoms with Gasteiger partial charge in [0.2, 0.25) is 0 Å². The van der Waals surface area contributed by atoms with Gasteiger partial charge in [-0.1, -0.05) is 12.1 Å². The third-order valence-corrected chi connectivity index (χ3v) is 2.38. The molecule has 80 valence electrons. The lowest BCUT2D eigenvalue weighted by Crippen LogP contribution is -2.19. The SMILES string of the molecule is COc1cccc(C(O)C(C)(C)C#N)c1. The van der Waals surface area contributed by atoms with Crippen molar-refractivity contribution in [1.82, 2.24) is 0 Å². The Morgan fingerprint density at radius 3 is 2.67 bits per heavy atom. The van der Waals surface area contributed by atoms with Gasteiger partial charge in [-0.3, -0.25) is 0 Å². The lowest BCUT2D eigenvalue weighted by Gasteiger charge is -2.23. The maximum Gasteiger partial charge on any atom is 0.119 e. The lowest BCUT2D eigenvalue weighted by molar-refractivity contribution is 0.0865. The molecule has 0 aliphatic heterocycles. The molecule has 0 fully saturated rings. The smallest absolute Gasteiger partial charge is 0.119 e. The van der Waals surface area contributed by atoms with E-state index in [0.717, 1.165) is 0 Å². The number of hydrogen-bond donors (Lipinski definition) is 1. The molecule has 3 nitrogen and oxygen atoms in total. The van der Waals surface area contributed by atoms with Crippen molar-refractivity contribution in [2.45, 2.75) is 20.0 Å². The number of rotatable bonds is 3. The van der Waals surface area contributed by atoms with Gasteiger partial charge in [0.1, 0.15) is 5.75 Å². The van der Waals surface area contributed by atoms with E-state index in [9.17, 15) is 5.11 Å². The average molecular weight is 205 g/mol. The van der Waals surface area contributed by atoms with Crippen molar-refractivity contribution < 1.29 is 9.84 Å². The molecule has 1 atom stereocenters. The summed E-state index contributed by atoms with van der Waals surface area (Å²) in [7, 11) is 1.57. The highest BCUT2D eigenvalue weighted by Gasteiger charge is 2.29. The molecule has 3 heteroatoms. The van der Waals surface area contributed by atoms with E-state index in [1.165, 1.54) is 0 Å². The van der Waals surface area contributed by atoms with Crippen LogP contribution in [-0.4, -0.2) is 12.2 Å². The van der Waals surface area contributed by atoms with Gasteiger partial charge in [0, 0.05) is 0 Å². The number of hydrogen-bond acceptors (Lipinski definition) is 3. The summed E-state index contributed by atoms with van der Waals surface area (Å²) in [6, 6.07) is 9.21. The summed E-state index contributed by atoms with van der Waals surface area (Å²) in [5, 5.41) is 18.9. The molecule has 1 rings (SSSR count). The second kappa shape index (κ2) is 4.33. The van der Waals surface area contributed by atoms with Gasteiger partial charge in [0.15, 0.2) is 0 Å². The molecule has 1 aromatic rings. The van der Waals surface area contributed by atoms with E-state index in [-0.39, 0.29) is 0 Å². The summed E-state index contributed by atoms with van der Waals surface area (Å²) in [5.74, 6) is 0.681. The van der Waals surface area contributed by atoms with Gasteiger partial charge < -0.3 is 9.84 Å². The first-order valence-corrected chi connectivity index (χ1v) is 4.74. The highest BCUT2D eigenvalue weighted by Crippen LogP contribution is 2.33. The summed E-state index contributed by atoms with van der Waals surface area (Å²) < 4.78 is 5.06. The zero-order valence-corrected chi connectivity index (χ0v) is 9.19. The van der Waals surface area contributed by atoms with Gasteiger partial charge in [0.25, 0.3) is 0 Å². The third-order valence-electron chi connectivity index (χ3n) is 2.38. The van der Waals surface area contributed by atoms with Gasteiger partial charge in [-0.05, 0) is 31.5 Å². The quantitative estimate of drug-likeness (QED) is 0.823. The molecule has 0 heterocycles. The predicted molar refractivity (Wildman–Crippen MR) is 57.3 cm³/mol. The summed E-state index contributed by atoms with van der Waals surface area (Å²) >= 11 is 0. The first-order valence-electron chi connectivity index (χ1n) is 4.74. The monoisotopic (exact) mass is 205 g/mol. The fourth-order valence-electron chi connectivity index (χ4n) is 1.29. The van der Waals surface area contributed by atoms with E-state index < -0.39 is 11.5 Å². The second-order valence-corrected chi connectivity index (χ2v) is 4.01. The number of nitrogens with zero attached hydrogens (tertiary/aromatic N) is 1. The first-order chi connectivity index (χ1) is 7.01. The summed E-state index contributed by atoms with van der Waals surface area (Å²) in [6.45, 7) is 3.41. The molecule has 1 aromatic carbocycles. The third kappa shape index (κ3) is 2.48. The standard InChI is InChI=1S/C12H15NO2/c1-12(2,8-13)11(14)9-5-4-6-10(7-9)15-3/h4-7,11,14H,1-3H3. The van der Waals surface area contributed by atoms with Crippen LogP contribution >= 0.6 is 0 Å². The van der Waals surface area contributed by atoms with E-state index in [1.807, 2.05) is 0 Å². The topological polar surface area (TPSA) is 53.2 Å². The van der Waals surface area contributed by atoms with Crippen molar-refractivity contribution >= 4 is 0 Å². The van der Waals surface area contributed by atoms with Gasteiger partial charge in [0.05, 0.1) is 24.7 Å². The minimum absolute atomic E-state index is 0.681. The highest BCUT2D eigenvalue weighted by atomic mass is 16.5. The minimum atomic E-state index is -0.808. The Morgan fingerprint density at radius 1 is 1.47 bits per heavy atom. The summed E-state index contributed by atoms with van der Waals surface area (Å²) in [6.07, 6.45) is -0.808. The van der Waals surface area contributed by atoms with Crippen LogP contribution in [0.3, 0.4) is 0 Å². The van der Waals surface area contributed by atoms with E-state index >= 15 is 0 Å². The van der Waals surface area contributed by atoms with Crippen molar-refractivity contribution in [3.63, 3.8) is 0 Å². The van der Waals surface area contributed by atoms with Crippen LogP contribution in [0.15, 0.2) is 24.3 Å². The minimum Gasteiger partial charge on any atom is -0.497 e. The van der Waals surface area contributed by atoms with Crippen LogP contribution in [0, 0.1) is 16.7 Å². The van der Waals surface area contributed by atoms with Crippen molar-refractivity contribution in [3.8, 4) is 11.8 Å². The summed E-state index contributed by atoms with van der Waals surface area (Å²) in [5.41, 5.74) is -0.104. The Bertz CT molecular complexity index is 379. The Hall–Kier alpha value is -1.53. The molecule has 0 radical (unpaired) electrons. The number of nitriles is 1. The number of aliphatic hydroxyl groups is 1. The maximum absolute atomic E-state index is 9.99. The molecule has 1 unspecified atom stereocenters. The van der Waals surface area contributed by atoms with Crippen molar-refractivity contribution in [3.05, 3.63) is 29.8 Å².